The SMILES string of the molecule is CCC1(c2ccccc2)NC(=O)N(CC(=O)Nc2cc3c(cc2Cl)OCCO3)C1=O. The monoisotopic (exact) mass is 429 g/mol. The lowest BCUT2D eigenvalue weighted by molar-refractivity contribution is -0.134. The van der Waals surface area contributed by atoms with Crippen molar-refractivity contribution in [2.24, 2.45) is 0 Å². The standard InChI is InChI=1S/C21H20ClN3O5/c1-2-21(13-6-4-3-5-7-13)19(27)25(20(28)24-21)12-18(26)23-15-11-17-16(10-14(15)22)29-8-9-30-17/h3-7,10-11H,2,8-9,12H2,1H3,(H,23,26)(H,24,28). The van der Waals surface area contributed by atoms with E-state index in [1.165, 1.54) is 0 Å². The van der Waals surface area contributed by atoms with E-state index < -0.39 is 29.9 Å². The number of nitrogens with one attached hydrogen (secondary N) is 2. The van der Waals surface area contributed by atoms with Gasteiger partial charge in [0.25, 0.3) is 5.91 Å². The molecule has 9 heteroatoms. The lowest BCUT2D eigenvalue weighted by Crippen LogP contribution is -2.44. The number of carbonyl (C=O) groups excluding carboxylic acids is 3. The normalized spacial score (nSPS) is 20.1. The number of benzene rings is 2. The van der Waals surface area contributed by atoms with Crippen LogP contribution >= 0.6 is 11.6 Å². The molecule has 0 bridgehead atoms. The van der Waals surface area contributed by atoms with Gasteiger partial charge in [-0.15, -0.1) is 0 Å². The molecule has 8 nitrogen and oxygen atoms in total. The van der Waals surface area contributed by atoms with E-state index >= 15 is 0 Å². The molecule has 30 heavy (non-hydrogen) atoms. The van der Waals surface area contributed by atoms with Crippen LogP contribution in [0, 0.1) is 0 Å². The summed E-state index contributed by atoms with van der Waals surface area (Å²) in [4.78, 5) is 39.2. The second-order valence-electron chi connectivity index (χ2n) is 6.97. The van der Waals surface area contributed by atoms with E-state index in [-0.39, 0.29) is 5.02 Å². The Morgan fingerprint density at radius 3 is 2.50 bits per heavy atom. The molecular weight excluding hydrogens is 410 g/mol. The summed E-state index contributed by atoms with van der Waals surface area (Å²) in [6.45, 7) is 2.18. The molecule has 1 fully saturated rings. The second-order valence-corrected chi connectivity index (χ2v) is 7.38. The molecule has 0 aliphatic carbocycles. The third-order valence-electron chi connectivity index (χ3n) is 5.18. The number of halogens is 1. The van der Waals surface area contributed by atoms with Gasteiger partial charge in [0.1, 0.15) is 25.3 Å². The number of carbonyl (C=O) groups is 3. The first-order valence-electron chi connectivity index (χ1n) is 9.53. The molecule has 0 aromatic heterocycles. The Kier molecular flexibility index (Phi) is 5.26. The van der Waals surface area contributed by atoms with Crippen molar-refractivity contribution >= 4 is 35.1 Å². The van der Waals surface area contributed by atoms with Gasteiger partial charge >= 0.3 is 6.03 Å². The van der Waals surface area contributed by atoms with E-state index in [0.717, 1.165) is 4.90 Å². The number of fused-ring (bicyclic) bond motifs is 1. The molecular formula is C21H20ClN3O5. The Labute approximate surface area is 178 Å². The van der Waals surface area contributed by atoms with E-state index in [2.05, 4.69) is 10.6 Å². The summed E-state index contributed by atoms with van der Waals surface area (Å²) in [6.07, 6.45) is 0.355. The van der Waals surface area contributed by atoms with E-state index in [9.17, 15) is 14.4 Å². The fourth-order valence-electron chi connectivity index (χ4n) is 3.62. The topological polar surface area (TPSA) is 97.0 Å². The first-order chi connectivity index (χ1) is 14.4. The summed E-state index contributed by atoms with van der Waals surface area (Å²) in [5.41, 5.74) is -0.209. The van der Waals surface area contributed by atoms with E-state index in [0.29, 0.717) is 42.4 Å². The van der Waals surface area contributed by atoms with Gasteiger partial charge in [-0.25, -0.2) is 4.79 Å². The number of ether oxygens (including phenoxy) is 2. The van der Waals surface area contributed by atoms with Crippen LogP contribution in [0.15, 0.2) is 42.5 Å². The van der Waals surface area contributed by atoms with E-state index in [4.69, 9.17) is 21.1 Å². The van der Waals surface area contributed by atoms with Crippen LogP contribution in [-0.2, 0) is 15.1 Å². The maximum Gasteiger partial charge on any atom is 0.325 e. The van der Waals surface area contributed by atoms with Crippen molar-refractivity contribution in [2.75, 3.05) is 25.1 Å². The lowest BCUT2D eigenvalue weighted by atomic mass is 9.87. The highest BCUT2D eigenvalue weighted by atomic mass is 35.5. The molecule has 2 heterocycles. The van der Waals surface area contributed by atoms with Crippen LogP contribution in [-0.4, -0.2) is 42.5 Å². The quantitative estimate of drug-likeness (QED) is 0.712. The second kappa shape index (κ2) is 7.87. The zero-order chi connectivity index (χ0) is 21.3. The van der Waals surface area contributed by atoms with Crippen molar-refractivity contribution in [2.45, 2.75) is 18.9 Å². The minimum atomic E-state index is -1.19. The fourth-order valence-corrected chi connectivity index (χ4v) is 3.83. The average molecular weight is 430 g/mol. The van der Waals surface area contributed by atoms with Gasteiger partial charge in [-0.1, -0.05) is 48.9 Å². The minimum Gasteiger partial charge on any atom is -0.486 e. The minimum absolute atomic E-state index is 0.261. The van der Waals surface area contributed by atoms with Gasteiger partial charge in [0, 0.05) is 12.1 Å². The van der Waals surface area contributed by atoms with Crippen LogP contribution in [0.4, 0.5) is 10.5 Å². The van der Waals surface area contributed by atoms with Crippen molar-refractivity contribution < 1.29 is 23.9 Å². The van der Waals surface area contributed by atoms with Gasteiger partial charge in [-0.05, 0) is 12.0 Å². The summed E-state index contributed by atoms with van der Waals surface area (Å²) < 4.78 is 10.9. The smallest absolute Gasteiger partial charge is 0.325 e. The number of urea groups is 1. The van der Waals surface area contributed by atoms with Gasteiger partial charge < -0.3 is 20.1 Å². The van der Waals surface area contributed by atoms with Crippen molar-refractivity contribution in [1.82, 2.24) is 10.2 Å². The third-order valence-corrected chi connectivity index (χ3v) is 5.49. The third kappa shape index (κ3) is 3.43. The van der Waals surface area contributed by atoms with Crippen molar-refractivity contribution in [3.05, 3.63) is 53.1 Å². The lowest BCUT2D eigenvalue weighted by Gasteiger charge is -2.25. The first-order valence-corrected chi connectivity index (χ1v) is 9.91. The van der Waals surface area contributed by atoms with Crippen LogP contribution in [0.5, 0.6) is 11.5 Å². The maximum atomic E-state index is 13.1. The molecule has 2 aliphatic rings. The predicted molar refractivity (Wildman–Crippen MR) is 110 cm³/mol. The van der Waals surface area contributed by atoms with E-state index in [1.807, 2.05) is 13.0 Å². The van der Waals surface area contributed by atoms with Crippen LogP contribution in [0.2, 0.25) is 5.02 Å². The Balaban J connectivity index is 1.51. The summed E-state index contributed by atoms with van der Waals surface area (Å²) in [5, 5.41) is 5.64. The van der Waals surface area contributed by atoms with Gasteiger partial charge in [-0.3, -0.25) is 14.5 Å². The molecule has 0 spiro atoms. The zero-order valence-electron chi connectivity index (χ0n) is 16.2. The highest BCUT2D eigenvalue weighted by Crippen LogP contribution is 2.38. The molecule has 2 aromatic carbocycles. The zero-order valence-corrected chi connectivity index (χ0v) is 17.0. The van der Waals surface area contributed by atoms with Gasteiger partial charge in [0.05, 0.1) is 10.7 Å². The van der Waals surface area contributed by atoms with Crippen LogP contribution in [0.1, 0.15) is 18.9 Å². The Morgan fingerprint density at radius 2 is 1.83 bits per heavy atom. The molecule has 0 radical (unpaired) electrons. The molecule has 2 N–H and O–H groups in total. The highest BCUT2D eigenvalue weighted by molar-refractivity contribution is 6.34. The predicted octanol–water partition coefficient (Wildman–Crippen LogP) is 2.91. The molecule has 4 amide bonds. The largest absolute Gasteiger partial charge is 0.486 e. The fraction of sp³-hybridized carbons (Fsp3) is 0.286. The Bertz CT molecular complexity index is 1010. The molecule has 2 aromatic rings. The highest BCUT2D eigenvalue weighted by Gasteiger charge is 2.51. The van der Waals surface area contributed by atoms with Crippen molar-refractivity contribution in [3.8, 4) is 11.5 Å². The number of amides is 4. The number of hydrogen-bond acceptors (Lipinski definition) is 5. The summed E-state index contributed by atoms with van der Waals surface area (Å²) in [5.74, 6) is -0.0689. The summed E-state index contributed by atoms with van der Waals surface area (Å²) >= 11 is 6.22. The number of imide groups is 1. The molecule has 1 atom stereocenters. The molecule has 2 aliphatic heterocycles. The molecule has 156 valence electrons. The maximum absolute atomic E-state index is 13.1. The van der Waals surface area contributed by atoms with Gasteiger partial charge in [-0.2, -0.15) is 0 Å². The van der Waals surface area contributed by atoms with Crippen molar-refractivity contribution in [1.29, 1.82) is 0 Å². The molecule has 0 saturated carbocycles. The first kappa shape index (κ1) is 20.0. The van der Waals surface area contributed by atoms with Gasteiger partial charge in [0.15, 0.2) is 11.5 Å². The number of anilines is 1. The Hall–Kier alpha value is -3.26. The number of hydrogen-bond donors (Lipinski definition) is 2. The van der Waals surface area contributed by atoms with Crippen LogP contribution < -0.4 is 20.1 Å². The summed E-state index contributed by atoms with van der Waals surface area (Å²) in [6, 6.07) is 11.5. The molecule has 1 unspecified atom stereocenters. The number of rotatable bonds is 5. The molecule has 4 rings (SSSR count). The Morgan fingerprint density at radius 1 is 1.17 bits per heavy atom. The van der Waals surface area contributed by atoms with E-state index in [1.54, 1.807) is 36.4 Å². The van der Waals surface area contributed by atoms with Crippen LogP contribution in [0.25, 0.3) is 0 Å². The van der Waals surface area contributed by atoms with Crippen LogP contribution in [0.3, 0.4) is 0 Å². The summed E-state index contributed by atoms with van der Waals surface area (Å²) in [7, 11) is 0. The number of nitrogens with zero attached hydrogens (tertiary/aromatic N) is 1. The van der Waals surface area contributed by atoms with Crippen molar-refractivity contribution in [3.63, 3.8) is 0 Å². The molecule has 1 saturated heterocycles. The van der Waals surface area contributed by atoms with Gasteiger partial charge in [0.2, 0.25) is 5.91 Å². The average Bonchev–Trinajstić information content (AvgIpc) is 3.00.